The molecule has 3 heterocycles. The largest absolute Gasteiger partial charge is 0.366 e. The first-order chi connectivity index (χ1) is 13.2. The van der Waals surface area contributed by atoms with E-state index in [4.69, 9.17) is 23.2 Å². The highest BCUT2D eigenvalue weighted by Gasteiger charge is 2.17. The van der Waals surface area contributed by atoms with Gasteiger partial charge in [-0.2, -0.15) is 4.68 Å². The van der Waals surface area contributed by atoms with Crippen molar-refractivity contribution >= 4 is 35.0 Å². The number of nitrogens with one attached hydrogen (secondary N) is 3. The molecule has 1 fully saturated rings. The highest BCUT2D eigenvalue weighted by molar-refractivity contribution is 6.43. The Balaban J connectivity index is 1.52. The van der Waals surface area contributed by atoms with Crippen LogP contribution in [0.1, 0.15) is 12.0 Å². The van der Waals surface area contributed by atoms with Gasteiger partial charge in [-0.1, -0.05) is 40.4 Å². The van der Waals surface area contributed by atoms with Gasteiger partial charge in [-0.3, -0.25) is 0 Å². The fourth-order valence-corrected chi connectivity index (χ4v) is 3.35. The molecule has 3 N–H and O–H groups in total. The average Bonchev–Trinajstić information content (AvgIpc) is 3.35. The molecular formula is C17H18Cl2N8. The summed E-state index contributed by atoms with van der Waals surface area (Å²) in [5, 5.41) is 22.7. The molecule has 1 saturated heterocycles. The van der Waals surface area contributed by atoms with Crippen molar-refractivity contribution in [1.82, 2.24) is 30.5 Å². The first kappa shape index (κ1) is 18.0. The van der Waals surface area contributed by atoms with Crippen LogP contribution in [0.4, 0.5) is 11.8 Å². The van der Waals surface area contributed by atoms with Gasteiger partial charge in [-0.05, 0) is 41.6 Å². The standard InChI is InChI=1S/C17H18Cl2N8/c18-13-4-1-5-14(15(13)19)27-17(24-25-26-27)22-9-11-3-2-7-21-16(11)23-12-6-8-20-10-12/h1-5,7,12,20H,6,8-10H2,(H,21,23)(H,22,24,26). The molecule has 3 aromatic rings. The van der Waals surface area contributed by atoms with E-state index >= 15 is 0 Å². The first-order valence-electron chi connectivity index (χ1n) is 8.60. The molecule has 0 spiro atoms. The third-order valence-corrected chi connectivity index (χ3v) is 5.17. The molecule has 8 nitrogen and oxygen atoms in total. The maximum absolute atomic E-state index is 6.29. The number of rotatable bonds is 6. The highest BCUT2D eigenvalue weighted by Crippen LogP contribution is 2.29. The lowest BCUT2D eigenvalue weighted by atomic mass is 10.2. The molecule has 1 aliphatic heterocycles. The van der Waals surface area contributed by atoms with Gasteiger partial charge in [0, 0.05) is 30.9 Å². The number of benzene rings is 1. The second-order valence-electron chi connectivity index (χ2n) is 6.19. The quantitative estimate of drug-likeness (QED) is 0.581. The molecule has 0 saturated carbocycles. The number of tetrazole rings is 1. The zero-order valence-electron chi connectivity index (χ0n) is 14.4. The zero-order chi connectivity index (χ0) is 18.6. The van der Waals surface area contributed by atoms with Crippen molar-refractivity contribution in [3.63, 3.8) is 0 Å². The minimum absolute atomic E-state index is 0.384. The molecule has 140 valence electrons. The topological polar surface area (TPSA) is 92.6 Å². The van der Waals surface area contributed by atoms with Crippen LogP contribution < -0.4 is 16.0 Å². The van der Waals surface area contributed by atoms with Gasteiger partial charge in [0.1, 0.15) is 5.82 Å². The van der Waals surface area contributed by atoms with E-state index in [0.29, 0.717) is 34.3 Å². The fourth-order valence-electron chi connectivity index (χ4n) is 2.97. The lowest BCUT2D eigenvalue weighted by Gasteiger charge is -2.16. The van der Waals surface area contributed by atoms with Crippen LogP contribution in [0.5, 0.6) is 0 Å². The zero-order valence-corrected chi connectivity index (χ0v) is 15.9. The monoisotopic (exact) mass is 404 g/mol. The summed E-state index contributed by atoms with van der Waals surface area (Å²) in [5.74, 6) is 1.33. The van der Waals surface area contributed by atoms with Crippen LogP contribution in [0.15, 0.2) is 36.5 Å². The van der Waals surface area contributed by atoms with Crippen LogP contribution >= 0.6 is 23.2 Å². The minimum atomic E-state index is 0.384. The van der Waals surface area contributed by atoms with Gasteiger partial charge in [0.25, 0.3) is 0 Å². The van der Waals surface area contributed by atoms with Crippen LogP contribution in [0.3, 0.4) is 0 Å². The van der Waals surface area contributed by atoms with E-state index in [1.807, 2.05) is 12.1 Å². The Morgan fingerprint density at radius 2 is 2.15 bits per heavy atom. The summed E-state index contributed by atoms with van der Waals surface area (Å²) >= 11 is 12.4. The van der Waals surface area contributed by atoms with E-state index in [1.54, 1.807) is 24.4 Å². The van der Waals surface area contributed by atoms with Gasteiger partial charge in [-0.25, -0.2) is 4.98 Å². The molecule has 10 heteroatoms. The second kappa shape index (κ2) is 8.08. The number of hydrogen-bond acceptors (Lipinski definition) is 7. The number of halogens is 2. The van der Waals surface area contributed by atoms with Crippen molar-refractivity contribution < 1.29 is 0 Å². The number of nitrogens with zero attached hydrogens (tertiary/aromatic N) is 5. The molecule has 0 amide bonds. The Morgan fingerprint density at radius 1 is 1.22 bits per heavy atom. The van der Waals surface area contributed by atoms with Crippen molar-refractivity contribution in [3.05, 3.63) is 52.1 Å². The SMILES string of the molecule is Clc1cccc(-n2nnnc2NCc2cccnc2NC2CCNC2)c1Cl. The minimum Gasteiger partial charge on any atom is -0.366 e. The third-order valence-electron chi connectivity index (χ3n) is 4.36. The van der Waals surface area contributed by atoms with Crippen molar-refractivity contribution in [2.24, 2.45) is 0 Å². The van der Waals surface area contributed by atoms with E-state index in [2.05, 4.69) is 36.5 Å². The lowest BCUT2D eigenvalue weighted by molar-refractivity contribution is 0.783. The molecule has 0 radical (unpaired) electrons. The fraction of sp³-hybridized carbons (Fsp3) is 0.294. The van der Waals surface area contributed by atoms with E-state index in [-0.39, 0.29) is 0 Å². The van der Waals surface area contributed by atoms with Crippen molar-refractivity contribution in [3.8, 4) is 5.69 Å². The number of hydrogen-bond donors (Lipinski definition) is 3. The normalized spacial score (nSPS) is 16.4. The Kier molecular flexibility index (Phi) is 5.38. The van der Waals surface area contributed by atoms with E-state index in [1.165, 1.54) is 4.68 Å². The predicted octanol–water partition coefficient (Wildman–Crippen LogP) is 2.75. The van der Waals surface area contributed by atoms with Crippen LogP contribution in [-0.2, 0) is 6.54 Å². The molecule has 27 heavy (non-hydrogen) atoms. The Bertz CT molecular complexity index is 923. The molecule has 1 atom stereocenters. The third kappa shape index (κ3) is 3.97. The van der Waals surface area contributed by atoms with Crippen molar-refractivity contribution in [2.45, 2.75) is 19.0 Å². The van der Waals surface area contributed by atoms with Gasteiger partial charge < -0.3 is 16.0 Å². The molecule has 4 rings (SSSR count). The molecule has 0 aliphatic carbocycles. The number of pyridine rings is 1. The predicted molar refractivity (Wildman–Crippen MR) is 106 cm³/mol. The summed E-state index contributed by atoms with van der Waals surface area (Å²) in [7, 11) is 0. The maximum atomic E-state index is 6.29. The van der Waals surface area contributed by atoms with Crippen LogP contribution in [-0.4, -0.2) is 44.3 Å². The van der Waals surface area contributed by atoms with Crippen LogP contribution in [0.25, 0.3) is 5.69 Å². The molecule has 1 aliphatic rings. The highest BCUT2D eigenvalue weighted by atomic mass is 35.5. The first-order valence-corrected chi connectivity index (χ1v) is 9.36. The van der Waals surface area contributed by atoms with Gasteiger partial charge in [0.05, 0.1) is 15.7 Å². The smallest absolute Gasteiger partial charge is 0.248 e. The van der Waals surface area contributed by atoms with Gasteiger partial charge in [-0.15, -0.1) is 0 Å². The Hall–Kier alpha value is -2.42. The summed E-state index contributed by atoms with van der Waals surface area (Å²) in [4.78, 5) is 4.47. The lowest BCUT2D eigenvalue weighted by Crippen LogP contribution is -2.23. The van der Waals surface area contributed by atoms with Crippen molar-refractivity contribution in [2.75, 3.05) is 23.7 Å². The average molecular weight is 405 g/mol. The van der Waals surface area contributed by atoms with Gasteiger partial charge >= 0.3 is 0 Å². The molecule has 1 unspecified atom stereocenters. The van der Waals surface area contributed by atoms with Crippen molar-refractivity contribution in [1.29, 1.82) is 0 Å². The summed E-state index contributed by atoms with van der Waals surface area (Å²) in [6, 6.07) is 9.63. The number of anilines is 2. The van der Waals surface area contributed by atoms with Crippen LogP contribution in [0.2, 0.25) is 10.0 Å². The molecule has 2 aromatic heterocycles. The molecule has 1 aromatic carbocycles. The van der Waals surface area contributed by atoms with Gasteiger partial charge in [0.15, 0.2) is 0 Å². The van der Waals surface area contributed by atoms with E-state index in [9.17, 15) is 0 Å². The Labute approximate surface area is 166 Å². The van der Waals surface area contributed by atoms with E-state index < -0.39 is 0 Å². The van der Waals surface area contributed by atoms with Gasteiger partial charge in [0.2, 0.25) is 5.95 Å². The number of aromatic nitrogens is 5. The summed E-state index contributed by atoms with van der Waals surface area (Å²) in [5.41, 5.74) is 1.63. The maximum Gasteiger partial charge on any atom is 0.248 e. The Morgan fingerprint density at radius 3 is 3.00 bits per heavy atom. The van der Waals surface area contributed by atoms with Crippen LogP contribution in [0, 0.1) is 0 Å². The summed E-state index contributed by atoms with van der Waals surface area (Å²) < 4.78 is 1.53. The summed E-state index contributed by atoms with van der Waals surface area (Å²) in [6.07, 6.45) is 2.86. The second-order valence-corrected chi connectivity index (χ2v) is 6.97. The molecule has 0 bridgehead atoms. The molecular weight excluding hydrogens is 387 g/mol. The van der Waals surface area contributed by atoms with E-state index in [0.717, 1.165) is 30.9 Å². The summed E-state index contributed by atoms with van der Waals surface area (Å²) in [6.45, 7) is 2.47.